The number of nitrogens with zero attached hydrogens (tertiary/aromatic N) is 2. The molecule has 1 N–H and O–H groups in total. The van der Waals surface area contributed by atoms with E-state index in [9.17, 15) is 0 Å². The van der Waals surface area contributed by atoms with Crippen LogP contribution in [0.15, 0.2) is 30.6 Å². The first-order chi connectivity index (χ1) is 10.1. The summed E-state index contributed by atoms with van der Waals surface area (Å²) in [5, 5.41) is 3.52. The molecule has 0 amide bonds. The van der Waals surface area contributed by atoms with Crippen molar-refractivity contribution >= 4 is 0 Å². The second-order valence-electron chi connectivity index (χ2n) is 6.16. The van der Waals surface area contributed by atoms with Gasteiger partial charge in [0.1, 0.15) is 0 Å². The summed E-state index contributed by atoms with van der Waals surface area (Å²) in [7, 11) is 0. The molecular weight excluding hydrogens is 258 g/mol. The van der Waals surface area contributed by atoms with Crippen LogP contribution in [0.2, 0.25) is 0 Å². The van der Waals surface area contributed by atoms with Crippen molar-refractivity contribution < 1.29 is 0 Å². The molecule has 3 heteroatoms. The molecule has 1 aromatic carbocycles. The van der Waals surface area contributed by atoms with Gasteiger partial charge in [-0.15, -0.1) is 0 Å². The van der Waals surface area contributed by atoms with Crippen LogP contribution in [0.1, 0.15) is 36.4 Å². The average Bonchev–Trinajstić information content (AvgIpc) is 2.77. The average molecular weight is 285 g/mol. The quantitative estimate of drug-likeness (QED) is 0.791. The van der Waals surface area contributed by atoms with Gasteiger partial charge in [0.05, 0.1) is 12.0 Å². The van der Waals surface area contributed by atoms with Crippen LogP contribution in [-0.4, -0.2) is 22.6 Å². The fourth-order valence-electron chi connectivity index (χ4n) is 2.46. The van der Waals surface area contributed by atoms with Crippen LogP contribution >= 0.6 is 0 Å². The number of nitrogens with one attached hydrogen (secondary N) is 1. The molecule has 2 aromatic rings. The number of aryl methyl sites for hydroxylation is 1. The van der Waals surface area contributed by atoms with E-state index in [0.29, 0.717) is 5.92 Å². The topological polar surface area (TPSA) is 29.9 Å². The largest absolute Gasteiger partial charge is 0.330 e. The minimum Gasteiger partial charge on any atom is -0.330 e. The van der Waals surface area contributed by atoms with Gasteiger partial charge in [0.25, 0.3) is 0 Å². The standard InChI is InChI=1S/C18H27N3/c1-14(2)11-19-10-9-17-7-5-6-8-18(17)12-21-13-20-15(3)16(21)4/h5-8,13-14,19H,9-12H2,1-4H3. The fraction of sp³-hybridized carbons (Fsp3) is 0.500. The first kappa shape index (κ1) is 15.8. The predicted molar refractivity (Wildman–Crippen MR) is 88.7 cm³/mol. The van der Waals surface area contributed by atoms with Crippen molar-refractivity contribution in [3.63, 3.8) is 0 Å². The zero-order valence-corrected chi connectivity index (χ0v) is 13.7. The lowest BCUT2D eigenvalue weighted by Gasteiger charge is -2.13. The van der Waals surface area contributed by atoms with Gasteiger partial charge in [0.15, 0.2) is 0 Å². The van der Waals surface area contributed by atoms with Gasteiger partial charge in [-0.25, -0.2) is 4.98 Å². The number of hydrogen-bond acceptors (Lipinski definition) is 2. The van der Waals surface area contributed by atoms with Crippen molar-refractivity contribution in [3.05, 3.63) is 53.1 Å². The highest BCUT2D eigenvalue weighted by Crippen LogP contribution is 2.14. The van der Waals surface area contributed by atoms with Gasteiger partial charge in [0, 0.05) is 12.2 Å². The predicted octanol–water partition coefficient (Wildman–Crippen LogP) is 3.34. The molecule has 1 heterocycles. The van der Waals surface area contributed by atoms with Crippen LogP contribution in [0.3, 0.4) is 0 Å². The van der Waals surface area contributed by atoms with Crippen molar-refractivity contribution in [1.82, 2.24) is 14.9 Å². The molecule has 0 aliphatic heterocycles. The lowest BCUT2D eigenvalue weighted by atomic mass is 10.0. The van der Waals surface area contributed by atoms with E-state index in [1.807, 2.05) is 6.33 Å². The molecule has 0 atom stereocenters. The summed E-state index contributed by atoms with van der Waals surface area (Å²) in [6.07, 6.45) is 3.02. The Morgan fingerprint density at radius 1 is 1.14 bits per heavy atom. The summed E-state index contributed by atoms with van der Waals surface area (Å²) < 4.78 is 2.23. The monoisotopic (exact) mass is 285 g/mol. The molecule has 3 nitrogen and oxygen atoms in total. The Kier molecular flexibility index (Phi) is 5.57. The first-order valence-corrected chi connectivity index (χ1v) is 7.83. The number of imidazole rings is 1. The summed E-state index contributed by atoms with van der Waals surface area (Å²) >= 11 is 0. The summed E-state index contributed by atoms with van der Waals surface area (Å²) in [6, 6.07) is 8.73. The van der Waals surface area contributed by atoms with Gasteiger partial charge in [-0.3, -0.25) is 0 Å². The van der Waals surface area contributed by atoms with Gasteiger partial charge in [-0.05, 0) is 50.4 Å². The Balaban J connectivity index is 2.01. The van der Waals surface area contributed by atoms with Gasteiger partial charge >= 0.3 is 0 Å². The smallest absolute Gasteiger partial charge is 0.0954 e. The van der Waals surface area contributed by atoms with E-state index >= 15 is 0 Å². The third-order valence-electron chi connectivity index (χ3n) is 3.93. The molecule has 0 bridgehead atoms. The molecule has 0 fully saturated rings. The summed E-state index contributed by atoms with van der Waals surface area (Å²) in [6.45, 7) is 11.7. The van der Waals surface area contributed by atoms with Gasteiger partial charge in [0.2, 0.25) is 0 Å². The van der Waals surface area contributed by atoms with Crippen LogP contribution in [-0.2, 0) is 13.0 Å². The first-order valence-electron chi connectivity index (χ1n) is 7.83. The van der Waals surface area contributed by atoms with Gasteiger partial charge in [-0.2, -0.15) is 0 Å². The SMILES string of the molecule is Cc1ncn(Cc2ccccc2CCNCC(C)C)c1C. The van der Waals surface area contributed by atoms with E-state index in [2.05, 4.69) is 66.8 Å². The second kappa shape index (κ2) is 7.41. The van der Waals surface area contributed by atoms with E-state index < -0.39 is 0 Å². The fourth-order valence-corrected chi connectivity index (χ4v) is 2.46. The normalized spacial score (nSPS) is 11.3. The molecule has 21 heavy (non-hydrogen) atoms. The zero-order valence-electron chi connectivity index (χ0n) is 13.7. The number of hydrogen-bond donors (Lipinski definition) is 1. The summed E-state index contributed by atoms with van der Waals surface area (Å²) in [4.78, 5) is 4.39. The molecule has 2 rings (SSSR count). The van der Waals surface area contributed by atoms with Crippen molar-refractivity contribution in [2.75, 3.05) is 13.1 Å². The molecule has 0 saturated carbocycles. The van der Waals surface area contributed by atoms with Gasteiger partial charge in [-0.1, -0.05) is 38.1 Å². The third-order valence-corrected chi connectivity index (χ3v) is 3.93. The summed E-state index contributed by atoms with van der Waals surface area (Å²) in [5.41, 5.74) is 5.19. The van der Waals surface area contributed by atoms with Crippen LogP contribution in [0.5, 0.6) is 0 Å². The van der Waals surface area contributed by atoms with Crippen molar-refractivity contribution in [3.8, 4) is 0 Å². The molecule has 0 saturated heterocycles. The van der Waals surface area contributed by atoms with Crippen LogP contribution in [0.25, 0.3) is 0 Å². The highest BCUT2D eigenvalue weighted by molar-refractivity contribution is 5.28. The van der Waals surface area contributed by atoms with Crippen LogP contribution in [0, 0.1) is 19.8 Å². The van der Waals surface area contributed by atoms with Gasteiger partial charge < -0.3 is 9.88 Å². The molecule has 1 aromatic heterocycles. The Morgan fingerprint density at radius 3 is 2.48 bits per heavy atom. The molecule has 0 unspecified atom stereocenters. The Morgan fingerprint density at radius 2 is 1.86 bits per heavy atom. The maximum Gasteiger partial charge on any atom is 0.0954 e. The minimum atomic E-state index is 0.705. The van der Waals surface area contributed by atoms with Crippen molar-refractivity contribution in [2.45, 2.75) is 40.7 Å². The zero-order chi connectivity index (χ0) is 15.2. The number of rotatable bonds is 7. The lowest BCUT2D eigenvalue weighted by molar-refractivity contribution is 0.553. The second-order valence-corrected chi connectivity index (χ2v) is 6.16. The molecule has 114 valence electrons. The Labute approximate surface area is 128 Å². The van der Waals surface area contributed by atoms with E-state index in [0.717, 1.165) is 31.7 Å². The van der Waals surface area contributed by atoms with E-state index in [-0.39, 0.29) is 0 Å². The minimum absolute atomic E-state index is 0.705. The number of aromatic nitrogens is 2. The summed E-state index contributed by atoms with van der Waals surface area (Å²) in [5.74, 6) is 0.705. The number of benzene rings is 1. The molecule has 0 aliphatic carbocycles. The lowest BCUT2D eigenvalue weighted by Crippen LogP contribution is -2.22. The van der Waals surface area contributed by atoms with E-state index in [1.54, 1.807) is 0 Å². The molecule has 0 spiro atoms. The maximum atomic E-state index is 4.39. The Bertz CT molecular complexity index is 570. The molecule has 0 aliphatic rings. The Hall–Kier alpha value is -1.61. The van der Waals surface area contributed by atoms with Crippen molar-refractivity contribution in [1.29, 1.82) is 0 Å². The highest BCUT2D eigenvalue weighted by atomic mass is 15.0. The van der Waals surface area contributed by atoms with Crippen LogP contribution < -0.4 is 5.32 Å². The molecular formula is C18H27N3. The third kappa shape index (κ3) is 4.43. The van der Waals surface area contributed by atoms with E-state index in [1.165, 1.54) is 16.8 Å². The molecule has 0 radical (unpaired) electrons. The van der Waals surface area contributed by atoms with E-state index in [4.69, 9.17) is 0 Å². The van der Waals surface area contributed by atoms with Crippen LogP contribution in [0.4, 0.5) is 0 Å². The highest BCUT2D eigenvalue weighted by Gasteiger charge is 2.06. The maximum absolute atomic E-state index is 4.39. The van der Waals surface area contributed by atoms with Crippen molar-refractivity contribution in [2.24, 2.45) is 5.92 Å².